The summed E-state index contributed by atoms with van der Waals surface area (Å²) in [6.07, 6.45) is 0. The first kappa shape index (κ1) is 28.8. The lowest BCUT2D eigenvalue weighted by atomic mass is 9.84. The van der Waals surface area contributed by atoms with E-state index < -0.39 is 60.0 Å². The molecule has 208 valence electrons. The van der Waals surface area contributed by atoms with E-state index in [1.54, 1.807) is 0 Å². The van der Waals surface area contributed by atoms with Crippen molar-refractivity contribution in [3.8, 4) is 0 Å². The number of rotatable bonds is 6. The zero-order valence-corrected chi connectivity index (χ0v) is 23.9. The van der Waals surface area contributed by atoms with Crippen molar-refractivity contribution in [3.05, 3.63) is 90.0 Å². The van der Waals surface area contributed by atoms with Crippen LogP contribution in [0.4, 0.5) is 11.4 Å². The average Bonchev–Trinajstić information content (AvgIpc) is 3.30. The predicted octanol–water partition coefficient (Wildman–Crippen LogP) is 5.51. The van der Waals surface area contributed by atoms with E-state index in [0.717, 1.165) is 29.3 Å². The molecule has 1 heterocycles. The summed E-state index contributed by atoms with van der Waals surface area (Å²) in [5.74, 6) is -5.96. The van der Waals surface area contributed by atoms with Crippen LogP contribution in [0, 0.1) is 32.1 Å². The number of fused-ring (bicyclic) bond motifs is 5. The summed E-state index contributed by atoms with van der Waals surface area (Å²) >= 11 is 39.2. The van der Waals surface area contributed by atoms with Crippen LogP contribution in [0.15, 0.2) is 58.6 Å². The van der Waals surface area contributed by atoms with Crippen molar-refractivity contribution in [3.63, 3.8) is 0 Å². The van der Waals surface area contributed by atoms with Gasteiger partial charge in [0.05, 0.1) is 38.3 Å². The molecule has 1 aliphatic heterocycles. The van der Waals surface area contributed by atoms with Crippen LogP contribution in [-0.2, 0) is 16.1 Å². The maximum atomic E-state index is 13.9. The Morgan fingerprint density at radius 3 is 1.60 bits per heavy atom. The summed E-state index contributed by atoms with van der Waals surface area (Å²) < 4.78 is -2.18. The number of carbonyl (C=O) groups is 3. The number of nitrogens with zero attached hydrogens (tertiary/aromatic N) is 4. The minimum absolute atomic E-state index is 0.118. The monoisotopic (exact) mass is 666 g/mol. The maximum absolute atomic E-state index is 13.9. The number of hydrazine groups is 1. The molecule has 0 aromatic heterocycles. The Labute approximate surface area is 254 Å². The molecule has 3 amide bonds. The molecule has 2 bridgehead atoms. The highest BCUT2D eigenvalue weighted by atomic mass is 35.5. The first-order chi connectivity index (χ1) is 18.6. The topological polar surface area (TPSA) is 144 Å². The van der Waals surface area contributed by atoms with E-state index in [4.69, 9.17) is 69.6 Å². The third kappa shape index (κ3) is 3.61. The Hall–Kier alpha value is -2.67. The quantitative estimate of drug-likeness (QED) is 0.171. The van der Waals surface area contributed by atoms with Crippen molar-refractivity contribution >= 4 is 98.7 Å². The zero-order valence-electron chi connectivity index (χ0n) is 19.4. The van der Waals surface area contributed by atoms with Crippen LogP contribution >= 0.6 is 69.6 Å². The third-order valence-electron chi connectivity index (χ3n) is 7.17. The molecule has 0 unspecified atom stereocenters. The molecule has 2 aromatic rings. The van der Waals surface area contributed by atoms with Gasteiger partial charge in [-0.15, -0.1) is 23.2 Å². The number of nitro groups is 2. The highest BCUT2D eigenvalue weighted by molar-refractivity contribution is 6.66. The van der Waals surface area contributed by atoms with Gasteiger partial charge in [0.2, 0.25) is 0 Å². The van der Waals surface area contributed by atoms with Gasteiger partial charge in [-0.2, -0.15) is 5.01 Å². The van der Waals surface area contributed by atoms with Crippen LogP contribution in [0.25, 0.3) is 0 Å². The van der Waals surface area contributed by atoms with Crippen molar-refractivity contribution in [2.45, 2.75) is 20.6 Å². The normalized spacial score (nSPS) is 28.2. The van der Waals surface area contributed by atoms with Crippen molar-refractivity contribution in [2.75, 3.05) is 0 Å². The summed E-state index contributed by atoms with van der Waals surface area (Å²) in [6, 6.07) is 9.42. The van der Waals surface area contributed by atoms with Gasteiger partial charge in [-0.25, -0.2) is 5.01 Å². The molecule has 1 saturated heterocycles. The number of benzene rings is 2. The van der Waals surface area contributed by atoms with Gasteiger partial charge in [-0.05, 0) is 17.7 Å². The Morgan fingerprint density at radius 2 is 1.20 bits per heavy atom. The number of imide groups is 1. The van der Waals surface area contributed by atoms with E-state index in [1.165, 1.54) is 24.3 Å². The molecular weight excluding hydrogens is 657 g/mol. The first-order valence-corrected chi connectivity index (χ1v) is 13.4. The molecule has 0 radical (unpaired) electrons. The highest BCUT2D eigenvalue weighted by Crippen LogP contribution is 2.77. The lowest BCUT2D eigenvalue weighted by Crippen LogP contribution is -2.55. The smallest absolute Gasteiger partial charge is 0.272 e. The highest BCUT2D eigenvalue weighted by Gasteiger charge is 2.88. The number of amides is 3. The lowest BCUT2D eigenvalue weighted by Gasteiger charge is -2.37. The fourth-order valence-corrected chi connectivity index (χ4v) is 8.15. The summed E-state index contributed by atoms with van der Waals surface area (Å²) in [5.41, 5.74) is -0.365. The second-order valence-electron chi connectivity index (χ2n) is 9.16. The van der Waals surface area contributed by atoms with Crippen molar-refractivity contribution in [1.82, 2.24) is 10.0 Å². The second kappa shape index (κ2) is 9.43. The fraction of sp³-hybridized carbons (Fsp3) is 0.261. The van der Waals surface area contributed by atoms with Crippen LogP contribution < -0.4 is 0 Å². The summed E-state index contributed by atoms with van der Waals surface area (Å²) in [7, 11) is 0. The molecule has 2 aromatic carbocycles. The van der Waals surface area contributed by atoms with E-state index in [0.29, 0.717) is 10.6 Å². The van der Waals surface area contributed by atoms with E-state index in [1.807, 2.05) is 0 Å². The first-order valence-electron chi connectivity index (χ1n) is 11.1. The fourth-order valence-electron chi connectivity index (χ4n) is 5.22. The van der Waals surface area contributed by atoms with Gasteiger partial charge in [0, 0.05) is 29.8 Å². The van der Waals surface area contributed by atoms with Crippen LogP contribution in [0.1, 0.15) is 15.9 Å². The van der Waals surface area contributed by atoms with Gasteiger partial charge in [-0.3, -0.25) is 34.6 Å². The number of non-ortho nitro benzene ring substituents is 2. The Morgan fingerprint density at radius 1 is 0.800 bits per heavy atom. The number of alkyl halides is 4. The molecule has 0 N–H and O–H groups in total. The minimum atomic E-state index is -2.18. The number of hydrogen-bond donors (Lipinski definition) is 0. The van der Waals surface area contributed by atoms with Gasteiger partial charge >= 0.3 is 0 Å². The minimum Gasteiger partial charge on any atom is -0.272 e. The van der Waals surface area contributed by atoms with Gasteiger partial charge < -0.3 is 0 Å². The Bertz CT molecular complexity index is 1500. The molecule has 1 saturated carbocycles. The number of halogens is 6. The third-order valence-corrected chi connectivity index (χ3v) is 11.4. The SMILES string of the molecule is O=C(c1ccc([N+](=O)[O-])cc1)N(Cc1ccc([N+](=O)[O-])cc1)N1C(=O)[C@H]2[C@H](C1=O)[C@@]1(Cl)C(Cl)=C(Cl)[C@@]2(Cl)C1(Cl)Cl. The number of hydrogen-bond acceptors (Lipinski definition) is 7. The number of nitro benzene ring substituents is 2. The molecular formula is C23H12Cl6N4O7. The zero-order chi connectivity index (χ0) is 29.5. The van der Waals surface area contributed by atoms with Crippen LogP contribution in [0.3, 0.4) is 0 Å². The molecule has 5 rings (SSSR count). The van der Waals surface area contributed by atoms with Crippen LogP contribution in [-0.4, -0.2) is 51.7 Å². The van der Waals surface area contributed by atoms with Crippen LogP contribution in [0.5, 0.6) is 0 Å². The summed E-state index contributed by atoms with van der Waals surface area (Å²) in [5, 5.41) is 22.8. The van der Waals surface area contributed by atoms with E-state index in [-0.39, 0.29) is 27.0 Å². The summed E-state index contributed by atoms with van der Waals surface area (Å²) in [4.78, 5) is 58.1. The van der Waals surface area contributed by atoms with E-state index in [2.05, 4.69) is 0 Å². The summed E-state index contributed by atoms with van der Waals surface area (Å²) in [6.45, 7) is -0.433. The molecule has 4 atom stereocenters. The lowest BCUT2D eigenvalue weighted by molar-refractivity contribution is -0.385. The largest absolute Gasteiger partial charge is 0.273 e. The molecule has 17 heteroatoms. The van der Waals surface area contributed by atoms with Crippen LogP contribution in [0.2, 0.25) is 0 Å². The molecule has 2 aliphatic carbocycles. The molecule has 11 nitrogen and oxygen atoms in total. The maximum Gasteiger partial charge on any atom is 0.273 e. The van der Waals surface area contributed by atoms with Crippen molar-refractivity contribution < 1.29 is 24.2 Å². The van der Waals surface area contributed by atoms with Crippen molar-refractivity contribution in [2.24, 2.45) is 11.8 Å². The standard InChI is InChI=1S/C23H12Cl6N4O7/c24-16-17(25)22(27)15-14(21(16,26)23(22,28)29)19(35)31(20(15)36)30(9-10-1-5-12(6-2-10)32(37)38)18(34)11-3-7-13(8-4-11)33(39)40/h1-8,14-15H,9H2/t14-,15-,21-,22-/m1/s1. The molecule has 0 spiro atoms. The van der Waals surface area contributed by atoms with E-state index in [9.17, 15) is 34.6 Å². The average molecular weight is 669 g/mol. The number of allylic oxidation sites excluding steroid dienone is 2. The number of carbonyl (C=O) groups excluding carboxylic acids is 3. The van der Waals surface area contributed by atoms with Gasteiger partial charge in [-0.1, -0.05) is 58.5 Å². The molecule has 2 fully saturated rings. The molecule has 3 aliphatic rings. The van der Waals surface area contributed by atoms with Gasteiger partial charge in [0.1, 0.15) is 9.75 Å². The van der Waals surface area contributed by atoms with Gasteiger partial charge in [0.15, 0.2) is 4.33 Å². The van der Waals surface area contributed by atoms with Crippen molar-refractivity contribution in [1.29, 1.82) is 0 Å². The Kier molecular flexibility index (Phi) is 6.80. The van der Waals surface area contributed by atoms with Gasteiger partial charge in [0.25, 0.3) is 29.1 Å². The second-order valence-corrected chi connectivity index (χ2v) is 12.4. The van der Waals surface area contributed by atoms with E-state index >= 15 is 0 Å². The molecule has 40 heavy (non-hydrogen) atoms. The predicted molar refractivity (Wildman–Crippen MR) is 145 cm³/mol. The Balaban J connectivity index is 1.59.